The predicted octanol–water partition coefficient (Wildman–Crippen LogP) is 1.53. The van der Waals surface area contributed by atoms with E-state index in [1.54, 1.807) is 0 Å². The van der Waals surface area contributed by atoms with E-state index >= 15 is 0 Å². The molecule has 1 aliphatic heterocycles. The lowest BCUT2D eigenvalue weighted by atomic mass is 9.92. The van der Waals surface area contributed by atoms with Gasteiger partial charge in [-0.25, -0.2) is 0 Å². The van der Waals surface area contributed by atoms with Crippen LogP contribution in [-0.4, -0.2) is 47.2 Å². The number of hydrogen-bond donors (Lipinski definition) is 2. The summed E-state index contributed by atoms with van der Waals surface area (Å²) in [6.45, 7) is 8.00. The molecule has 1 unspecified atom stereocenters. The number of aromatic nitrogens is 2. The topological polar surface area (TPSA) is 61.0 Å². The molecule has 5 heteroatoms. The molecule has 0 aromatic carbocycles. The molecule has 1 fully saturated rings. The standard InChI is InChI=1S/C14H24N4O/c1-14(2,3)12-8-11(16-17-12)13(19)18-7-5-6-10(18)9-15-4/h8,10,15H,5-7,9H2,1-4H3,(H,16,17). The van der Waals surface area contributed by atoms with Crippen molar-refractivity contribution in [1.82, 2.24) is 20.4 Å². The van der Waals surface area contributed by atoms with Gasteiger partial charge in [0.15, 0.2) is 0 Å². The minimum atomic E-state index is -0.0130. The van der Waals surface area contributed by atoms with Gasteiger partial charge in [-0.1, -0.05) is 20.8 Å². The fraction of sp³-hybridized carbons (Fsp3) is 0.714. The van der Waals surface area contributed by atoms with E-state index in [0.29, 0.717) is 11.7 Å². The lowest BCUT2D eigenvalue weighted by molar-refractivity contribution is 0.0731. The van der Waals surface area contributed by atoms with E-state index in [9.17, 15) is 4.79 Å². The first-order valence-electron chi connectivity index (χ1n) is 6.95. The van der Waals surface area contributed by atoms with Crippen LogP contribution in [0.4, 0.5) is 0 Å². The lowest BCUT2D eigenvalue weighted by Crippen LogP contribution is -2.41. The van der Waals surface area contributed by atoms with Crippen molar-refractivity contribution in [3.8, 4) is 0 Å². The van der Waals surface area contributed by atoms with Gasteiger partial charge >= 0.3 is 0 Å². The average Bonchev–Trinajstić information content (AvgIpc) is 2.96. The summed E-state index contributed by atoms with van der Waals surface area (Å²) in [5, 5.41) is 10.3. The number of aromatic amines is 1. The zero-order chi connectivity index (χ0) is 14.0. The van der Waals surface area contributed by atoms with Crippen LogP contribution in [0, 0.1) is 0 Å². The SMILES string of the molecule is CNCC1CCCN1C(=O)c1cc(C(C)(C)C)[nH]n1. The van der Waals surface area contributed by atoms with E-state index < -0.39 is 0 Å². The Kier molecular flexibility index (Phi) is 3.94. The highest BCUT2D eigenvalue weighted by Gasteiger charge is 2.30. The number of H-pyrrole nitrogens is 1. The van der Waals surface area contributed by atoms with Gasteiger partial charge in [0.05, 0.1) is 0 Å². The van der Waals surface area contributed by atoms with E-state index in [1.165, 1.54) is 0 Å². The zero-order valence-corrected chi connectivity index (χ0v) is 12.3. The number of carbonyl (C=O) groups excluding carboxylic acids is 1. The van der Waals surface area contributed by atoms with E-state index in [-0.39, 0.29) is 11.3 Å². The first kappa shape index (κ1) is 14.1. The molecule has 2 rings (SSSR count). The molecule has 1 aromatic heterocycles. The molecule has 1 aromatic rings. The third-order valence-electron chi connectivity index (χ3n) is 3.68. The first-order valence-corrected chi connectivity index (χ1v) is 6.95. The summed E-state index contributed by atoms with van der Waals surface area (Å²) in [5.41, 5.74) is 1.52. The van der Waals surface area contributed by atoms with Crippen LogP contribution in [0.2, 0.25) is 0 Å². The largest absolute Gasteiger partial charge is 0.333 e. The Morgan fingerprint density at radius 2 is 2.32 bits per heavy atom. The second-order valence-corrected chi connectivity index (χ2v) is 6.27. The first-order chi connectivity index (χ1) is 8.93. The highest BCUT2D eigenvalue weighted by atomic mass is 16.2. The summed E-state index contributed by atoms with van der Waals surface area (Å²) in [7, 11) is 1.92. The minimum Gasteiger partial charge on any atom is -0.333 e. The number of rotatable bonds is 3. The third-order valence-corrected chi connectivity index (χ3v) is 3.68. The summed E-state index contributed by atoms with van der Waals surface area (Å²) in [6, 6.07) is 2.18. The molecule has 1 amide bonds. The summed E-state index contributed by atoms with van der Waals surface area (Å²) in [6.07, 6.45) is 2.15. The van der Waals surface area contributed by atoms with Crippen molar-refractivity contribution in [2.24, 2.45) is 0 Å². The summed E-state index contributed by atoms with van der Waals surface area (Å²) >= 11 is 0. The van der Waals surface area contributed by atoms with Gasteiger partial charge in [0.2, 0.25) is 0 Å². The van der Waals surface area contributed by atoms with Gasteiger partial charge in [-0.2, -0.15) is 5.10 Å². The van der Waals surface area contributed by atoms with Crippen LogP contribution in [-0.2, 0) is 5.41 Å². The molecule has 5 nitrogen and oxygen atoms in total. The molecule has 106 valence electrons. The molecule has 1 aliphatic rings. The molecule has 0 spiro atoms. The highest BCUT2D eigenvalue weighted by Crippen LogP contribution is 2.23. The van der Waals surface area contributed by atoms with E-state index in [4.69, 9.17) is 0 Å². The number of likely N-dealkylation sites (tertiary alicyclic amines) is 1. The molecular weight excluding hydrogens is 240 g/mol. The van der Waals surface area contributed by atoms with Gasteiger partial charge in [-0.05, 0) is 26.0 Å². The number of likely N-dealkylation sites (N-methyl/N-ethyl adjacent to an activating group) is 1. The molecule has 0 bridgehead atoms. The van der Waals surface area contributed by atoms with Crippen molar-refractivity contribution in [1.29, 1.82) is 0 Å². The van der Waals surface area contributed by atoms with Crippen molar-refractivity contribution >= 4 is 5.91 Å². The van der Waals surface area contributed by atoms with Crippen LogP contribution in [0.3, 0.4) is 0 Å². The van der Waals surface area contributed by atoms with E-state index in [2.05, 4.69) is 36.3 Å². The van der Waals surface area contributed by atoms with Crippen molar-refractivity contribution in [2.75, 3.05) is 20.1 Å². The van der Waals surface area contributed by atoms with Crippen LogP contribution in [0.1, 0.15) is 49.8 Å². The Hall–Kier alpha value is -1.36. The van der Waals surface area contributed by atoms with Gasteiger partial charge in [-0.3, -0.25) is 9.89 Å². The van der Waals surface area contributed by atoms with Crippen molar-refractivity contribution in [3.05, 3.63) is 17.5 Å². The molecule has 2 heterocycles. The maximum absolute atomic E-state index is 12.5. The fourth-order valence-corrected chi connectivity index (χ4v) is 2.51. The number of carbonyl (C=O) groups is 1. The summed E-state index contributed by atoms with van der Waals surface area (Å²) in [4.78, 5) is 14.4. The number of nitrogens with one attached hydrogen (secondary N) is 2. The number of hydrogen-bond acceptors (Lipinski definition) is 3. The maximum Gasteiger partial charge on any atom is 0.274 e. The second kappa shape index (κ2) is 5.33. The smallest absolute Gasteiger partial charge is 0.274 e. The molecule has 0 radical (unpaired) electrons. The van der Waals surface area contributed by atoms with Gasteiger partial charge in [0.1, 0.15) is 5.69 Å². The minimum absolute atomic E-state index is 0.0130. The normalized spacial score (nSPS) is 20.0. The fourth-order valence-electron chi connectivity index (χ4n) is 2.51. The van der Waals surface area contributed by atoms with Gasteiger partial charge in [0, 0.05) is 30.2 Å². The van der Waals surface area contributed by atoms with Gasteiger partial charge < -0.3 is 10.2 Å². The van der Waals surface area contributed by atoms with Crippen LogP contribution in [0.5, 0.6) is 0 Å². The maximum atomic E-state index is 12.5. The van der Waals surface area contributed by atoms with Crippen LogP contribution in [0.25, 0.3) is 0 Å². The Morgan fingerprint density at radius 3 is 2.89 bits per heavy atom. The molecule has 0 saturated carbocycles. The molecule has 0 aliphatic carbocycles. The Morgan fingerprint density at radius 1 is 1.58 bits per heavy atom. The lowest BCUT2D eigenvalue weighted by Gasteiger charge is -2.23. The van der Waals surface area contributed by atoms with Gasteiger partial charge in [-0.15, -0.1) is 0 Å². The van der Waals surface area contributed by atoms with Crippen molar-refractivity contribution < 1.29 is 4.79 Å². The van der Waals surface area contributed by atoms with E-state index in [0.717, 1.165) is 31.6 Å². The van der Waals surface area contributed by atoms with Gasteiger partial charge in [0.25, 0.3) is 5.91 Å². The second-order valence-electron chi connectivity index (χ2n) is 6.27. The van der Waals surface area contributed by atoms with E-state index in [1.807, 2.05) is 18.0 Å². The highest BCUT2D eigenvalue weighted by molar-refractivity contribution is 5.92. The Labute approximate surface area is 114 Å². The monoisotopic (exact) mass is 264 g/mol. The Balaban J connectivity index is 2.13. The molecule has 2 N–H and O–H groups in total. The molecular formula is C14H24N4O. The zero-order valence-electron chi connectivity index (χ0n) is 12.3. The number of amides is 1. The molecule has 1 saturated heterocycles. The van der Waals surface area contributed by atoms with Crippen molar-refractivity contribution in [3.63, 3.8) is 0 Å². The van der Waals surface area contributed by atoms with Crippen LogP contribution >= 0.6 is 0 Å². The predicted molar refractivity (Wildman–Crippen MR) is 75.3 cm³/mol. The average molecular weight is 264 g/mol. The molecule has 1 atom stereocenters. The Bertz CT molecular complexity index is 447. The third kappa shape index (κ3) is 2.97. The summed E-state index contributed by atoms with van der Waals surface area (Å²) in [5.74, 6) is 0.0458. The van der Waals surface area contributed by atoms with Crippen LogP contribution in [0.15, 0.2) is 6.07 Å². The number of nitrogens with zero attached hydrogens (tertiary/aromatic N) is 2. The molecule has 19 heavy (non-hydrogen) atoms. The van der Waals surface area contributed by atoms with Crippen molar-refractivity contribution in [2.45, 2.75) is 45.1 Å². The quantitative estimate of drug-likeness (QED) is 0.870. The van der Waals surface area contributed by atoms with Crippen LogP contribution < -0.4 is 5.32 Å². The summed E-state index contributed by atoms with van der Waals surface area (Å²) < 4.78 is 0.